The zero-order chi connectivity index (χ0) is 51.7. The molecular formula is C52H78O17. The lowest BCUT2D eigenvalue weighted by molar-refractivity contribution is -0.158. The van der Waals surface area contributed by atoms with Crippen molar-refractivity contribution in [3.63, 3.8) is 0 Å². The second-order valence-corrected chi connectivity index (χ2v) is 20.3. The molecule has 7 atom stereocenters. The SMILES string of the molecule is CC1(C)O[C@@H](CCOC(=O)C(C)(C)C)[C@@H](CO)O1.CC1(C)O[C@@H](CCOC(=O)C(C)(C)C)[C@@H](COCc2ccccc2)O1.COc1cc(O)c2c(c1)CCC[C@H](O)C(O)C(=O)/C=C\C[C@H](C)OC2=O. The van der Waals surface area contributed by atoms with E-state index in [1.165, 1.54) is 25.3 Å². The Morgan fingerprint density at radius 1 is 0.797 bits per heavy atom. The number of cyclic esters (lactones) is 1. The van der Waals surface area contributed by atoms with Crippen LogP contribution in [0.2, 0.25) is 0 Å². The highest BCUT2D eigenvalue weighted by molar-refractivity contribution is 5.95. The number of rotatable bonds is 12. The van der Waals surface area contributed by atoms with Crippen LogP contribution in [-0.2, 0) is 65.3 Å². The maximum absolute atomic E-state index is 12.5. The minimum Gasteiger partial charge on any atom is -0.507 e. The van der Waals surface area contributed by atoms with Crippen molar-refractivity contribution in [3.8, 4) is 11.5 Å². The molecule has 0 radical (unpaired) electrons. The van der Waals surface area contributed by atoms with Crippen LogP contribution in [0, 0.1) is 10.8 Å². The van der Waals surface area contributed by atoms with Gasteiger partial charge < -0.3 is 63.1 Å². The van der Waals surface area contributed by atoms with Gasteiger partial charge in [0.1, 0.15) is 41.5 Å². The maximum atomic E-state index is 12.5. The number of aryl methyl sites for hydroxylation is 1. The Morgan fingerprint density at radius 3 is 1.87 bits per heavy atom. The topological polar surface area (TPSA) is 232 Å². The minimum absolute atomic E-state index is 0.0600. The quantitative estimate of drug-likeness (QED) is 0.128. The Labute approximate surface area is 407 Å². The molecule has 4 N–H and O–H groups in total. The fraction of sp³-hybridized carbons (Fsp3) is 0.654. The van der Waals surface area contributed by atoms with Crippen molar-refractivity contribution in [2.24, 2.45) is 10.8 Å². The Balaban J connectivity index is 0.000000279. The van der Waals surface area contributed by atoms with Crippen LogP contribution in [0.25, 0.3) is 0 Å². The summed E-state index contributed by atoms with van der Waals surface area (Å²) < 4.78 is 49.8. The number of phenols is 1. The van der Waals surface area contributed by atoms with Gasteiger partial charge in [-0.2, -0.15) is 0 Å². The van der Waals surface area contributed by atoms with Crippen molar-refractivity contribution >= 4 is 23.7 Å². The Bertz CT molecular complexity index is 1970. The summed E-state index contributed by atoms with van der Waals surface area (Å²) in [7, 11) is 1.45. The number of methoxy groups -OCH3 is 1. The monoisotopic (exact) mass is 975 g/mol. The minimum atomic E-state index is -1.50. The first-order chi connectivity index (χ1) is 32.2. The van der Waals surface area contributed by atoms with Crippen LogP contribution in [0.4, 0.5) is 0 Å². The van der Waals surface area contributed by atoms with E-state index in [-0.39, 0.29) is 73.7 Å². The average Bonchev–Trinajstić information content (AvgIpc) is 3.74. The van der Waals surface area contributed by atoms with E-state index in [4.69, 9.17) is 42.6 Å². The molecular weight excluding hydrogens is 897 g/mol. The van der Waals surface area contributed by atoms with Crippen LogP contribution >= 0.6 is 0 Å². The number of ether oxygens (including phenoxy) is 9. The lowest BCUT2D eigenvalue weighted by Crippen LogP contribution is -2.33. The fourth-order valence-electron chi connectivity index (χ4n) is 7.26. The number of phenolic OH excluding ortho intramolecular Hbond substituents is 1. The second kappa shape index (κ2) is 26.7. The van der Waals surface area contributed by atoms with Crippen LogP contribution < -0.4 is 4.74 Å². The summed E-state index contributed by atoms with van der Waals surface area (Å²) in [5.74, 6) is -2.88. The maximum Gasteiger partial charge on any atom is 0.342 e. The summed E-state index contributed by atoms with van der Waals surface area (Å²) in [6.07, 6.45) is 0.749. The number of fused-ring (bicyclic) bond motifs is 1. The molecule has 2 fully saturated rings. The molecule has 5 rings (SSSR count). The summed E-state index contributed by atoms with van der Waals surface area (Å²) in [5.41, 5.74) is 0.702. The largest absolute Gasteiger partial charge is 0.507 e. The zero-order valence-electron chi connectivity index (χ0n) is 42.6. The van der Waals surface area contributed by atoms with Gasteiger partial charge in [-0.1, -0.05) is 36.4 Å². The molecule has 0 saturated carbocycles. The van der Waals surface area contributed by atoms with Gasteiger partial charge in [0.25, 0.3) is 0 Å². The van der Waals surface area contributed by atoms with E-state index in [1.807, 2.05) is 85.7 Å². The molecule has 388 valence electrons. The average molecular weight is 975 g/mol. The van der Waals surface area contributed by atoms with Crippen LogP contribution in [0.15, 0.2) is 54.6 Å². The van der Waals surface area contributed by atoms with Crippen LogP contribution in [0.3, 0.4) is 0 Å². The molecule has 0 amide bonds. The van der Waals surface area contributed by atoms with E-state index in [1.54, 1.807) is 26.8 Å². The van der Waals surface area contributed by atoms with E-state index < -0.39 is 52.5 Å². The molecule has 3 aliphatic heterocycles. The van der Waals surface area contributed by atoms with Crippen molar-refractivity contribution in [2.45, 2.75) is 176 Å². The number of benzene rings is 2. The van der Waals surface area contributed by atoms with Crippen molar-refractivity contribution in [1.29, 1.82) is 0 Å². The third kappa shape index (κ3) is 20.1. The summed E-state index contributed by atoms with van der Waals surface area (Å²) in [6, 6.07) is 13.0. The number of ketones is 1. The number of aliphatic hydroxyl groups excluding tert-OH is 3. The van der Waals surface area contributed by atoms with E-state index in [0.717, 1.165) is 5.56 Å². The Kier molecular flexibility index (Phi) is 22.7. The number of carbonyl (C=O) groups is 4. The van der Waals surface area contributed by atoms with Gasteiger partial charge >= 0.3 is 17.9 Å². The summed E-state index contributed by atoms with van der Waals surface area (Å²) >= 11 is 0. The number of hydrogen-bond acceptors (Lipinski definition) is 17. The lowest BCUT2D eigenvalue weighted by Gasteiger charge is -2.19. The lowest BCUT2D eigenvalue weighted by atomic mass is 9.97. The first kappa shape index (κ1) is 58.9. The van der Waals surface area contributed by atoms with E-state index in [2.05, 4.69) is 0 Å². The molecule has 0 aromatic heterocycles. The highest BCUT2D eigenvalue weighted by Crippen LogP contribution is 2.33. The van der Waals surface area contributed by atoms with Gasteiger partial charge in [-0.25, -0.2) is 4.79 Å². The Hall–Kier alpha value is -4.46. The molecule has 69 heavy (non-hydrogen) atoms. The number of esters is 3. The van der Waals surface area contributed by atoms with Gasteiger partial charge in [-0.3, -0.25) is 14.4 Å². The molecule has 2 aromatic rings. The van der Waals surface area contributed by atoms with Gasteiger partial charge in [-0.05, 0) is 119 Å². The molecule has 17 nitrogen and oxygen atoms in total. The van der Waals surface area contributed by atoms with Crippen LogP contribution in [0.1, 0.15) is 130 Å². The molecule has 0 aliphatic carbocycles. The number of aromatic hydroxyl groups is 1. The van der Waals surface area contributed by atoms with Gasteiger partial charge in [-0.15, -0.1) is 0 Å². The first-order valence-electron chi connectivity index (χ1n) is 23.6. The van der Waals surface area contributed by atoms with E-state index in [9.17, 15) is 39.6 Å². The Morgan fingerprint density at radius 2 is 1.33 bits per heavy atom. The first-order valence-corrected chi connectivity index (χ1v) is 23.6. The van der Waals surface area contributed by atoms with Gasteiger partial charge in [0, 0.05) is 25.3 Å². The number of carbonyl (C=O) groups excluding carboxylic acids is 4. The molecule has 17 heteroatoms. The van der Waals surface area contributed by atoms with Gasteiger partial charge in [0.2, 0.25) is 0 Å². The molecule has 2 saturated heterocycles. The van der Waals surface area contributed by atoms with Crippen molar-refractivity contribution in [2.75, 3.05) is 33.5 Å². The fourth-order valence-corrected chi connectivity index (χ4v) is 7.26. The number of hydrogen-bond donors (Lipinski definition) is 4. The standard InChI is InChI=1S/C20H30O5.C19H24O7.C13H24O5/c1-19(2,3)18(21)23-12-11-16-17(25-20(4,5)24-16)14-22-13-15-9-7-6-8-10-15;1-11-5-3-7-14(20)18(23)15(21)8-4-6-12-9-13(25-2)10-16(22)17(12)19(24)26-11;1-12(2,3)11(15)16-7-6-9-10(8-14)18-13(4,5)17-9/h6-10,16-17H,11-14H2,1-5H3;3,7,9-11,15,18,21-23H,4-6,8H2,1-2H3;9-10,14H,6-8H2,1-5H3/b;7-3-;/t16-,17+;11-,15-,18?;9-,10+/m000/s1. The smallest absolute Gasteiger partial charge is 0.342 e. The van der Waals surface area contributed by atoms with Gasteiger partial charge in [0.15, 0.2) is 17.4 Å². The predicted molar refractivity (Wildman–Crippen MR) is 254 cm³/mol. The molecule has 1 unspecified atom stereocenters. The third-order valence-electron chi connectivity index (χ3n) is 10.9. The zero-order valence-corrected chi connectivity index (χ0v) is 42.6. The molecule has 3 aliphatic rings. The third-order valence-corrected chi connectivity index (χ3v) is 10.9. The van der Waals surface area contributed by atoms with Gasteiger partial charge in [0.05, 0.1) is 69.3 Å². The van der Waals surface area contributed by atoms with Crippen molar-refractivity contribution < 1.29 is 82.2 Å². The molecule has 0 spiro atoms. The molecule has 3 heterocycles. The summed E-state index contributed by atoms with van der Waals surface area (Å²) in [4.78, 5) is 47.8. The summed E-state index contributed by atoms with van der Waals surface area (Å²) in [5, 5.41) is 39.3. The number of aliphatic hydroxyl groups is 3. The molecule has 2 aromatic carbocycles. The summed E-state index contributed by atoms with van der Waals surface area (Å²) in [6.45, 7) is 21.5. The normalized spacial score (nSPS) is 25.3. The van der Waals surface area contributed by atoms with Crippen molar-refractivity contribution in [1.82, 2.24) is 0 Å². The van der Waals surface area contributed by atoms with Crippen LogP contribution in [0.5, 0.6) is 11.5 Å². The van der Waals surface area contributed by atoms with Crippen molar-refractivity contribution in [3.05, 3.63) is 71.3 Å². The molecule has 0 bridgehead atoms. The highest BCUT2D eigenvalue weighted by Gasteiger charge is 2.42. The van der Waals surface area contributed by atoms with E-state index >= 15 is 0 Å². The predicted octanol–water partition coefficient (Wildman–Crippen LogP) is 6.70. The van der Waals surface area contributed by atoms with E-state index in [0.29, 0.717) is 56.8 Å². The second-order valence-electron chi connectivity index (χ2n) is 20.3. The van der Waals surface area contributed by atoms with Crippen LogP contribution in [-0.4, -0.2) is 132 Å². The highest BCUT2D eigenvalue weighted by atomic mass is 16.8.